The summed E-state index contributed by atoms with van der Waals surface area (Å²) in [4.78, 5) is 21.9. The average Bonchev–Trinajstić information content (AvgIpc) is 2.66. The second-order valence-corrected chi connectivity index (χ2v) is 6.56. The van der Waals surface area contributed by atoms with Gasteiger partial charge in [0.1, 0.15) is 18.8 Å². The van der Waals surface area contributed by atoms with Crippen LogP contribution in [0.15, 0.2) is 18.5 Å². The molecular formula is C16H23BrN4O5P+. The smallest absolute Gasteiger partial charge is 0.493 e. The van der Waals surface area contributed by atoms with E-state index in [4.69, 9.17) is 18.9 Å². The molecule has 2 heterocycles. The van der Waals surface area contributed by atoms with E-state index in [0.717, 1.165) is 42.9 Å². The van der Waals surface area contributed by atoms with E-state index in [0.29, 0.717) is 18.0 Å². The summed E-state index contributed by atoms with van der Waals surface area (Å²) in [6.07, 6.45) is 1.56. The molecule has 0 saturated carbocycles. The fraction of sp³-hybridized carbons (Fsp3) is 0.500. The van der Waals surface area contributed by atoms with Gasteiger partial charge in [-0.2, -0.15) is 0 Å². The highest BCUT2D eigenvalue weighted by atomic mass is 79.9. The fourth-order valence-electron chi connectivity index (χ4n) is 3.05. The molecule has 0 spiro atoms. The van der Waals surface area contributed by atoms with E-state index in [1.54, 1.807) is 20.5 Å². The Kier molecular flexibility index (Phi) is 8.12. The highest BCUT2D eigenvalue weighted by molar-refractivity contribution is 8.93. The zero-order valence-corrected chi connectivity index (χ0v) is 17.8. The number of anilines is 1. The van der Waals surface area contributed by atoms with Crippen molar-refractivity contribution < 1.29 is 23.5 Å². The molecule has 0 radical (unpaired) electrons. The van der Waals surface area contributed by atoms with Crippen LogP contribution in [0.25, 0.3) is 10.9 Å². The maximum Gasteiger partial charge on any atom is 0.694 e. The molecule has 0 amide bonds. The molecule has 1 aromatic heterocycles. The van der Waals surface area contributed by atoms with Crippen LogP contribution in [-0.4, -0.2) is 73.3 Å². The largest absolute Gasteiger partial charge is 0.694 e. The second-order valence-electron chi connectivity index (χ2n) is 5.82. The van der Waals surface area contributed by atoms with Gasteiger partial charge in [-0.1, -0.05) is 0 Å². The van der Waals surface area contributed by atoms with Gasteiger partial charge < -0.3 is 14.4 Å². The van der Waals surface area contributed by atoms with Gasteiger partial charge in [0.05, 0.1) is 19.7 Å². The lowest BCUT2D eigenvalue weighted by molar-refractivity contribution is 0.194. The van der Waals surface area contributed by atoms with E-state index < -0.39 is 8.25 Å². The lowest BCUT2D eigenvalue weighted by atomic mass is 10.2. The molecule has 1 N–H and O–H groups in total. The first kappa shape index (κ1) is 21.7. The standard InChI is InChI=1S/C16H21N4O5P.BrH/c1-23-14-9-12-13(10-15(14)24-2)17-11-18-16(12)20-5-3-19(4-6-20)7-8-25-26(21)22;/h9-11H,3-8H2,1-2H3;1H/p+1. The third kappa shape index (κ3) is 5.24. The number of fused-ring (bicyclic) bond motifs is 1. The van der Waals surface area contributed by atoms with Crippen molar-refractivity contribution in [1.82, 2.24) is 14.9 Å². The Labute approximate surface area is 169 Å². The van der Waals surface area contributed by atoms with Gasteiger partial charge in [-0.3, -0.25) is 4.90 Å². The number of methoxy groups -OCH3 is 2. The molecular weight excluding hydrogens is 439 g/mol. The van der Waals surface area contributed by atoms with Crippen LogP contribution in [0.1, 0.15) is 0 Å². The Hall–Kier alpha value is -1.58. The van der Waals surface area contributed by atoms with Crippen molar-refractivity contribution in [3.8, 4) is 11.5 Å². The summed E-state index contributed by atoms with van der Waals surface area (Å²) in [5, 5.41) is 0.916. The first-order chi connectivity index (χ1) is 12.6. The number of piperazine rings is 1. The van der Waals surface area contributed by atoms with Gasteiger partial charge in [0.25, 0.3) is 0 Å². The van der Waals surface area contributed by atoms with Gasteiger partial charge in [0, 0.05) is 48.7 Å². The highest BCUT2D eigenvalue weighted by Gasteiger charge is 2.22. The molecule has 2 aromatic rings. The Morgan fingerprint density at radius 2 is 1.78 bits per heavy atom. The zero-order valence-electron chi connectivity index (χ0n) is 15.2. The first-order valence-electron chi connectivity index (χ1n) is 8.25. The van der Waals surface area contributed by atoms with Gasteiger partial charge in [0.2, 0.25) is 0 Å². The van der Waals surface area contributed by atoms with Crippen molar-refractivity contribution in [2.45, 2.75) is 0 Å². The number of rotatable bonds is 7. The van der Waals surface area contributed by atoms with Crippen LogP contribution in [0.3, 0.4) is 0 Å². The molecule has 1 aliphatic rings. The molecule has 27 heavy (non-hydrogen) atoms. The Bertz CT molecular complexity index is 789. The molecule has 1 saturated heterocycles. The average molecular weight is 462 g/mol. The van der Waals surface area contributed by atoms with E-state index in [1.807, 2.05) is 12.1 Å². The van der Waals surface area contributed by atoms with Crippen molar-refractivity contribution in [3.05, 3.63) is 18.5 Å². The molecule has 1 aromatic carbocycles. The summed E-state index contributed by atoms with van der Waals surface area (Å²) < 4.78 is 26.0. The summed E-state index contributed by atoms with van der Waals surface area (Å²) in [6.45, 7) is 4.12. The van der Waals surface area contributed by atoms with Crippen LogP contribution in [0.4, 0.5) is 5.82 Å². The minimum atomic E-state index is -2.53. The predicted molar refractivity (Wildman–Crippen MR) is 107 cm³/mol. The van der Waals surface area contributed by atoms with Gasteiger partial charge in [-0.15, -0.1) is 26.4 Å². The number of hydrogen-bond acceptors (Lipinski definition) is 8. The normalized spacial score (nSPS) is 15.4. The maximum absolute atomic E-state index is 10.6. The minimum absolute atomic E-state index is 0. The lowest BCUT2D eigenvalue weighted by Crippen LogP contribution is -2.47. The zero-order chi connectivity index (χ0) is 18.5. The van der Waals surface area contributed by atoms with Crippen molar-refractivity contribution >= 4 is 42.0 Å². The second kappa shape index (κ2) is 10.1. The monoisotopic (exact) mass is 461 g/mol. The summed E-state index contributed by atoms with van der Waals surface area (Å²) in [7, 11) is 0.677. The Morgan fingerprint density at radius 1 is 1.11 bits per heavy atom. The van der Waals surface area contributed by atoms with Crippen LogP contribution >= 0.6 is 25.2 Å². The molecule has 0 bridgehead atoms. The molecule has 1 atom stereocenters. The predicted octanol–water partition coefficient (Wildman–Crippen LogP) is 2.01. The highest BCUT2D eigenvalue weighted by Crippen LogP contribution is 2.34. The van der Waals surface area contributed by atoms with Crippen molar-refractivity contribution in [2.75, 3.05) is 58.5 Å². The molecule has 3 rings (SSSR count). The number of nitrogens with zero attached hydrogens (tertiary/aromatic N) is 4. The minimum Gasteiger partial charge on any atom is -0.493 e. The third-order valence-corrected chi connectivity index (χ3v) is 4.80. The van der Waals surface area contributed by atoms with Crippen molar-refractivity contribution in [3.63, 3.8) is 0 Å². The Morgan fingerprint density at radius 3 is 2.41 bits per heavy atom. The summed E-state index contributed by atoms with van der Waals surface area (Å²) in [5.74, 6) is 2.15. The number of benzene rings is 1. The third-order valence-electron chi connectivity index (χ3n) is 4.40. The van der Waals surface area contributed by atoms with Crippen molar-refractivity contribution in [1.29, 1.82) is 0 Å². The van der Waals surface area contributed by atoms with E-state index in [-0.39, 0.29) is 23.6 Å². The van der Waals surface area contributed by atoms with Crippen LogP contribution < -0.4 is 14.4 Å². The topological polar surface area (TPSA) is 97.3 Å². The molecule has 11 heteroatoms. The van der Waals surface area contributed by atoms with Crippen LogP contribution in [0.2, 0.25) is 0 Å². The molecule has 1 fully saturated rings. The molecule has 148 valence electrons. The number of halogens is 1. The fourth-order valence-corrected chi connectivity index (χ4v) is 3.29. The SMILES string of the molecule is Br.COc1cc2ncnc(N3CCN(CCO[P+](=O)O)CC3)c2cc1OC. The Balaban J connectivity index is 0.00000261. The quantitative estimate of drug-likeness (QED) is 0.620. The summed E-state index contributed by atoms with van der Waals surface area (Å²) >= 11 is 0. The van der Waals surface area contributed by atoms with Crippen LogP contribution in [-0.2, 0) is 9.09 Å². The van der Waals surface area contributed by atoms with Gasteiger partial charge in [-0.25, -0.2) is 9.97 Å². The number of hydrogen-bond donors (Lipinski definition) is 1. The lowest BCUT2D eigenvalue weighted by Gasteiger charge is -2.35. The molecule has 9 nitrogen and oxygen atoms in total. The van der Waals surface area contributed by atoms with E-state index >= 15 is 0 Å². The number of aromatic nitrogens is 2. The van der Waals surface area contributed by atoms with Gasteiger partial charge in [-0.05, 0) is 6.07 Å². The summed E-state index contributed by atoms with van der Waals surface area (Å²) in [5.41, 5.74) is 0.801. The van der Waals surface area contributed by atoms with Crippen molar-refractivity contribution in [2.24, 2.45) is 0 Å². The summed E-state index contributed by atoms with van der Waals surface area (Å²) in [6, 6.07) is 3.75. The number of ether oxygens (including phenoxy) is 2. The van der Waals surface area contributed by atoms with E-state index in [2.05, 4.69) is 19.8 Å². The van der Waals surface area contributed by atoms with Crippen LogP contribution in [0.5, 0.6) is 11.5 Å². The van der Waals surface area contributed by atoms with Gasteiger partial charge in [0.15, 0.2) is 11.5 Å². The molecule has 0 aliphatic carbocycles. The van der Waals surface area contributed by atoms with Gasteiger partial charge >= 0.3 is 8.25 Å². The maximum atomic E-state index is 10.6. The first-order valence-corrected chi connectivity index (χ1v) is 9.38. The molecule has 1 aliphatic heterocycles. The molecule has 1 unspecified atom stereocenters. The van der Waals surface area contributed by atoms with E-state index in [1.165, 1.54) is 0 Å². The van der Waals surface area contributed by atoms with E-state index in [9.17, 15) is 4.57 Å². The van der Waals surface area contributed by atoms with Crippen LogP contribution in [0, 0.1) is 0 Å².